The molecule has 5 nitrogen and oxygen atoms in total. The number of methoxy groups -OCH3 is 1. The monoisotopic (exact) mass is 381 g/mol. The maximum Gasteiger partial charge on any atom is 0.265 e. The molecule has 1 N–H and O–H groups in total. The van der Waals surface area contributed by atoms with Crippen LogP contribution in [0.4, 0.5) is 5.69 Å². The third-order valence-corrected chi connectivity index (χ3v) is 4.76. The highest BCUT2D eigenvalue weighted by molar-refractivity contribution is 7.12. The lowest BCUT2D eigenvalue weighted by molar-refractivity contribution is 0.0818. The van der Waals surface area contributed by atoms with Crippen molar-refractivity contribution in [3.8, 4) is 11.5 Å². The molecular formula is C21H19NO4S. The summed E-state index contributed by atoms with van der Waals surface area (Å²) >= 11 is 1.37. The van der Waals surface area contributed by atoms with Gasteiger partial charge in [0.1, 0.15) is 11.5 Å². The molecule has 0 radical (unpaired) electrons. The molecule has 3 rings (SSSR count). The summed E-state index contributed by atoms with van der Waals surface area (Å²) in [5.74, 6) is 0.887. The molecule has 138 valence electrons. The molecular weight excluding hydrogens is 362 g/mol. The van der Waals surface area contributed by atoms with Crippen molar-refractivity contribution < 1.29 is 19.1 Å². The van der Waals surface area contributed by atoms with Crippen molar-refractivity contribution in [3.05, 3.63) is 76.5 Å². The molecule has 1 heterocycles. The number of ether oxygens (including phenoxy) is 2. The SMILES string of the molecule is COc1ccc(C(=O)C(C)Oc2cccc(NC(=O)c3cccs3)c2)cc1. The minimum absolute atomic E-state index is 0.134. The van der Waals surface area contributed by atoms with Crippen LogP contribution in [0, 0.1) is 0 Å². The normalized spacial score (nSPS) is 11.5. The van der Waals surface area contributed by atoms with E-state index in [1.54, 1.807) is 68.6 Å². The lowest BCUT2D eigenvalue weighted by atomic mass is 10.1. The van der Waals surface area contributed by atoms with Crippen LogP contribution in [-0.2, 0) is 0 Å². The average Bonchev–Trinajstić information content (AvgIpc) is 3.23. The Kier molecular flexibility index (Phi) is 5.88. The minimum Gasteiger partial charge on any atom is -0.497 e. The van der Waals surface area contributed by atoms with Gasteiger partial charge >= 0.3 is 0 Å². The maximum absolute atomic E-state index is 12.5. The van der Waals surface area contributed by atoms with Gasteiger partial charge in [0.15, 0.2) is 6.10 Å². The van der Waals surface area contributed by atoms with E-state index in [0.29, 0.717) is 27.6 Å². The predicted octanol–water partition coefficient (Wildman–Crippen LogP) is 4.66. The van der Waals surface area contributed by atoms with Crippen LogP contribution >= 0.6 is 11.3 Å². The number of anilines is 1. The van der Waals surface area contributed by atoms with Gasteiger partial charge in [-0.15, -0.1) is 11.3 Å². The lowest BCUT2D eigenvalue weighted by Gasteiger charge is -2.15. The molecule has 0 saturated carbocycles. The van der Waals surface area contributed by atoms with Gasteiger partial charge in [-0.3, -0.25) is 9.59 Å². The first-order chi connectivity index (χ1) is 13.1. The van der Waals surface area contributed by atoms with Crippen LogP contribution < -0.4 is 14.8 Å². The van der Waals surface area contributed by atoms with Crippen molar-refractivity contribution >= 4 is 28.7 Å². The summed E-state index contributed by atoms with van der Waals surface area (Å²) in [5.41, 5.74) is 1.15. The molecule has 2 aromatic carbocycles. The molecule has 1 unspecified atom stereocenters. The van der Waals surface area contributed by atoms with Crippen molar-refractivity contribution in [2.24, 2.45) is 0 Å². The summed E-state index contributed by atoms with van der Waals surface area (Å²) in [5, 5.41) is 4.67. The number of rotatable bonds is 7. The Morgan fingerprint density at radius 3 is 2.44 bits per heavy atom. The van der Waals surface area contributed by atoms with Crippen molar-refractivity contribution in [2.75, 3.05) is 12.4 Å². The topological polar surface area (TPSA) is 64.6 Å². The largest absolute Gasteiger partial charge is 0.497 e. The molecule has 1 amide bonds. The number of amides is 1. The van der Waals surface area contributed by atoms with Crippen molar-refractivity contribution in [2.45, 2.75) is 13.0 Å². The first kappa shape index (κ1) is 18.7. The number of carbonyl (C=O) groups is 2. The van der Waals surface area contributed by atoms with Gasteiger partial charge in [-0.25, -0.2) is 0 Å². The Balaban J connectivity index is 1.66. The highest BCUT2D eigenvalue weighted by atomic mass is 32.1. The standard InChI is InChI=1S/C21H19NO4S/c1-14(20(23)15-8-10-17(25-2)11-9-15)26-18-6-3-5-16(13-18)22-21(24)19-7-4-12-27-19/h3-14H,1-2H3,(H,22,24). The number of thiophene rings is 1. The van der Waals surface area contributed by atoms with E-state index in [0.717, 1.165) is 0 Å². The second-order valence-electron chi connectivity index (χ2n) is 5.81. The fourth-order valence-corrected chi connectivity index (χ4v) is 3.11. The molecule has 0 saturated heterocycles. The zero-order valence-electron chi connectivity index (χ0n) is 15.0. The summed E-state index contributed by atoms with van der Waals surface area (Å²) in [4.78, 5) is 25.3. The Hall–Kier alpha value is -3.12. The van der Waals surface area contributed by atoms with Gasteiger partial charge in [0.25, 0.3) is 5.91 Å². The Labute approximate surface area is 161 Å². The van der Waals surface area contributed by atoms with Crippen LogP contribution in [0.25, 0.3) is 0 Å². The smallest absolute Gasteiger partial charge is 0.265 e. The Morgan fingerprint density at radius 1 is 1.00 bits per heavy atom. The summed E-state index contributed by atoms with van der Waals surface area (Å²) in [6, 6.07) is 17.5. The highest BCUT2D eigenvalue weighted by Crippen LogP contribution is 2.21. The van der Waals surface area contributed by atoms with E-state index in [1.807, 2.05) is 11.4 Å². The number of Topliss-reactive ketones (excluding diaryl/α,β-unsaturated/α-hetero) is 1. The molecule has 0 fully saturated rings. The van der Waals surface area contributed by atoms with Gasteiger partial charge in [0.05, 0.1) is 12.0 Å². The van der Waals surface area contributed by atoms with Gasteiger partial charge < -0.3 is 14.8 Å². The quantitative estimate of drug-likeness (QED) is 0.605. The molecule has 0 aliphatic carbocycles. The van der Waals surface area contributed by atoms with Crippen LogP contribution in [0.1, 0.15) is 27.0 Å². The molecule has 6 heteroatoms. The van der Waals surface area contributed by atoms with E-state index < -0.39 is 6.10 Å². The molecule has 0 spiro atoms. The van der Waals surface area contributed by atoms with Gasteiger partial charge in [0, 0.05) is 17.3 Å². The van der Waals surface area contributed by atoms with Crippen LogP contribution in [-0.4, -0.2) is 24.9 Å². The van der Waals surface area contributed by atoms with E-state index >= 15 is 0 Å². The van der Waals surface area contributed by atoms with E-state index in [9.17, 15) is 9.59 Å². The van der Waals surface area contributed by atoms with Crippen LogP contribution in [0.2, 0.25) is 0 Å². The lowest BCUT2D eigenvalue weighted by Crippen LogP contribution is -2.24. The van der Waals surface area contributed by atoms with Crippen molar-refractivity contribution in [3.63, 3.8) is 0 Å². The Morgan fingerprint density at radius 2 is 1.78 bits per heavy atom. The molecule has 0 bridgehead atoms. The van der Waals surface area contributed by atoms with Gasteiger partial charge in [-0.2, -0.15) is 0 Å². The second-order valence-corrected chi connectivity index (χ2v) is 6.76. The zero-order valence-corrected chi connectivity index (χ0v) is 15.8. The highest BCUT2D eigenvalue weighted by Gasteiger charge is 2.17. The second kappa shape index (κ2) is 8.51. The number of benzene rings is 2. The number of hydrogen-bond acceptors (Lipinski definition) is 5. The molecule has 3 aromatic rings. The maximum atomic E-state index is 12.5. The molecule has 27 heavy (non-hydrogen) atoms. The summed E-state index contributed by atoms with van der Waals surface area (Å²) < 4.78 is 10.9. The fraction of sp³-hybridized carbons (Fsp3) is 0.143. The van der Waals surface area contributed by atoms with Gasteiger partial charge in [-0.05, 0) is 54.8 Å². The number of hydrogen-bond donors (Lipinski definition) is 1. The van der Waals surface area contributed by atoms with Crippen LogP contribution in [0.3, 0.4) is 0 Å². The number of carbonyl (C=O) groups excluding carboxylic acids is 2. The van der Waals surface area contributed by atoms with E-state index in [-0.39, 0.29) is 11.7 Å². The van der Waals surface area contributed by atoms with Gasteiger partial charge in [-0.1, -0.05) is 12.1 Å². The molecule has 1 aromatic heterocycles. The molecule has 1 atom stereocenters. The van der Waals surface area contributed by atoms with Crippen LogP contribution in [0.5, 0.6) is 11.5 Å². The summed E-state index contributed by atoms with van der Waals surface area (Å²) in [6.45, 7) is 1.70. The van der Waals surface area contributed by atoms with E-state index in [4.69, 9.17) is 9.47 Å². The number of nitrogens with one attached hydrogen (secondary N) is 1. The molecule has 0 aliphatic heterocycles. The summed E-state index contributed by atoms with van der Waals surface area (Å²) in [7, 11) is 1.58. The predicted molar refractivity (Wildman–Crippen MR) is 106 cm³/mol. The first-order valence-corrected chi connectivity index (χ1v) is 9.24. The average molecular weight is 381 g/mol. The first-order valence-electron chi connectivity index (χ1n) is 8.36. The summed E-state index contributed by atoms with van der Waals surface area (Å²) in [6.07, 6.45) is -0.665. The minimum atomic E-state index is -0.665. The van der Waals surface area contributed by atoms with Gasteiger partial charge in [0.2, 0.25) is 5.78 Å². The Bertz CT molecular complexity index is 920. The molecule has 0 aliphatic rings. The van der Waals surface area contributed by atoms with Crippen LogP contribution in [0.15, 0.2) is 66.0 Å². The van der Waals surface area contributed by atoms with E-state index in [1.165, 1.54) is 11.3 Å². The number of ketones is 1. The van der Waals surface area contributed by atoms with Crippen molar-refractivity contribution in [1.82, 2.24) is 0 Å². The van der Waals surface area contributed by atoms with Crippen molar-refractivity contribution in [1.29, 1.82) is 0 Å². The van der Waals surface area contributed by atoms with E-state index in [2.05, 4.69) is 5.32 Å². The third kappa shape index (κ3) is 4.74. The fourth-order valence-electron chi connectivity index (χ4n) is 2.50. The zero-order chi connectivity index (χ0) is 19.2. The third-order valence-electron chi connectivity index (χ3n) is 3.89.